The zero-order valence-electron chi connectivity index (χ0n) is 11.3. The number of aromatic nitrogens is 3. The van der Waals surface area contributed by atoms with Crippen molar-refractivity contribution in [2.45, 2.75) is 26.6 Å². The van der Waals surface area contributed by atoms with Crippen LogP contribution in [-0.4, -0.2) is 19.2 Å². The van der Waals surface area contributed by atoms with Crippen LogP contribution in [0.3, 0.4) is 0 Å². The highest BCUT2D eigenvalue weighted by atomic mass is 35.5. The van der Waals surface area contributed by atoms with Crippen molar-refractivity contribution in [3.05, 3.63) is 53.2 Å². The van der Waals surface area contributed by atoms with Crippen LogP contribution in [0, 0.1) is 6.92 Å². The van der Waals surface area contributed by atoms with Gasteiger partial charge in [0.1, 0.15) is 5.82 Å². The fourth-order valence-corrected chi connectivity index (χ4v) is 2.67. The normalized spacial score (nSPS) is 11.3. The number of hydrogen-bond acceptors (Lipinski definition) is 2. The van der Waals surface area contributed by atoms with Crippen LogP contribution >= 0.6 is 11.6 Å². The molecule has 0 saturated carbocycles. The molecule has 0 saturated heterocycles. The van der Waals surface area contributed by atoms with Crippen LogP contribution in [0.25, 0.3) is 10.9 Å². The summed E-state index contributed by atoms with van der Waals surface area (Å²) in [4.78, 5) is 4.22. The van der Waals surface area contributed by atoms with Crippen LogP contribution in [0.5, 0.6) is 0 Å². The van der Waals surface area contributed by atoms with E-state index in [4.69, 9.17) is 11.6 Å². The van der Waals surface area contributed by atoms with E-state index in [0.717, 1.165) is 35.4 Å². The summed E-state index contributed by atoms with van der Waals surface area (Å²) >= 11 is 6.08. The summed E-state index contributed by atoms with van der Waals surface area (Å²) in [6.45, 7) is 3.68. The molecule has 0 aliphatic carbocycles. The van der Waals surface area contributed by atoms with E-state index in [9.17, 15) is 5.11 Å². The van der Waals surface area contributed by atoms with Crippen LogP contribution < -0.4 is 0 Å². The van der Waals surface area contributed by atoms with Gasteiger partial charge in [-0.05, 0) is 19.1 Å². The molecule has 0 aliphatic rings. The summed E-state index contributed by atoms with van der Waals surface area (Å²) < 4.78 is 4.24. The van der Waals surface area contributed by atoms with E-state index >= 15 is 0 Å². The Hall–Kier alpha value is -1.78. The SMILES string of the molecule is Cc1nccn1CCn1cc(CO)c2ccc(Cl)cc21. The fraction of sp³-hybridized carbons (Fsp3) is 0.267. The van der Waals surface area contributed by atoms with Gasteiger partial charge in [-0.1, -0.05) is 17.7 Å². The molecule has 104 valence electrons. The van der Waals surface area contributed by atoms with Gasteiger partial charge in [0, 0.05) is 53.2 Å². The molecule has 2 aromatic heterocycles. The van der Waals surface area contributed by atoms with Crippen molar-refractivity contribution >= 4 is 22.5 Å². The minimum atomic E-state index is 0.0369. The van der Waals surface area contributed by atoms with E-state index < -0.39 is 0 Å². The number of benzene rings is 1. The largest absolute Gasteiger partial charge is 0.392 e. The van der Waals surface area contributed by atoms with Crippen molar-refractivity contribution in [3.8, 4) is 0 Å². The Morgan fingerprint density at radius 2 is 2.05 bits per heavy atom. The Bertz CT molecular complexity index is 745. The van der Waals surface area contributed by atoms with Gasteiger partial charge in [0.25, 0.3) is 0 Å². The predicted octanol–water partition coefficient (Wildman–Crippen LogP) is 2.99. The lowest BCUT2D eigenvalue weighted by Crippen LogP contribution is -2.07. The molecule has 0 fully saturated rings. The van der Waals surface area contributed by atoms with Crippen molar-refractivity contribution in [1.29, 1.82) is 0 Å². The highest BCUT2D eigenvalue weighted by molar-refractivity contribution is 6.31. The highest BCUT2D eigenvalue weighted by Gasteiger charge is 2.08. The van der Waals surface area contributed by atoms with Crippen molar-refractivity contribution in [3.63, 3.8) is 0 Å². The van der Waals surface area contributed by atoms with Crippen LogP contribution in [0.2, 0.25) is 5.02 Å². The molecule has 0 unspecified atom stereocenters. The molecule has 5 heteroatoms. The van der Waals surface area contributed by atoms with Gasteiger partial charge < -0.3 is 14.2 Å². The molecule has 0 atom stereocenters. The molecule has 0 radical (unpaired) electrons. The average Bonchev–Trinajstić information content (AvgIpc) is 3.00. The second kappa shape index (κ2) is 5.31. The molecule has 3 aromatic rings. The van der Waals surface area contributed by atoms with Crippen molar-refractivity contribution in [2.24, 2.45) is 0 Å². The quantitative estimate of drug-likeness (QED) is 0.802. The molecule has 20 heavy (non-hydrogen) atoms. The number of rotatable bonds is 4. The first kappa shape index (κ1) is 13.2. The second-order valence-electron chi connectivity index (χ2n) is 4.84. The lowest BCUT2D eigenvalue weighted by molar-refractivity contribution is 0.283. The highest BCUT2D eigenvalue weighted by Crippen LogP contribution is 2.25. The van der Waals surface area contributed by atoms with Gasteiger partial charge in [0.2, 0.25) is 0 Å². The third kappa shape index (κ3) is 2.32. The first-order valence-electron chi connectivity index (χ1n) is 6.55. The number of fused-ring (bicyclic) bond motifs is 1. The molecule has 3 rings (SSSR count). The molecule has 0 aliphatic heterocycles. The smallest absolute Gasteiger partial charge is 0.105 e. The molecule has 0 bridgehead atoms. The Labute approximate surface area is 122 Å². The van der Waals surface area contributed by atoms with E-state index in [1.54, 1.807) is 6.20 Å². The number of halogens is 1. The van der Waals surface area contributed by atoms with Gasteiger partial charge in [-0.25, -0.2) is 4.98 Å². The summed E-state index contributed by atoms with van der Waals surface area (Å²) in [6, 6.07) is 5.76. The van der Waals surface area contributed by atoms with Gasteiger partial charge in [-0.15, -0.1) is 0 Å². The number of aryl methyl sites for hydroxylation is 3. The Balaban J connectivity index is 1.94. The first-order valence-corrected chi connectivity index (χ1v) is 6.92. The number of aliphatic hydroxyl groups is 1. The van der Waals surface area contributed by atoms with Crippen LogP contribution in [0.1, 0.15) is 11.4 Å². The number of hydrogen-bond donors (Lipinski definition) is 1. The average molecular weight is 290 g/mol. The molecule has 1 aromatic carbocycles. The lowest BCUT2D eigenvalue weighted by atomic mass is 10.2. The molecule has 0 spiro atoms. The lowest BCUT2D eigenvalue weighted by Gasteiger charge is -2.08. The number of aliphatic hydroxyl groups excluding tert-OH is 1. The first-order chi connectivity index (χ1) is 9.69. The zero-order valence-corrected chi connectivity index (χ0v) is 12.0. The molecular formula is C15H16ClN3O. The molecule has 1 N–H and O–H groups in total. The predicted molar refractivity (Wildman–Crippen MR) is 79.8 cm³/mol. The minimum absolute atomic E-state index is 0.0369. The van der Waals surface area contributed by atoms with E-state index in [0.29, 0.717) is 5.02 Å². The Kier molecular flexibility index (Phi) is 3.51. The minimum Gasteiger partial charge on any atom is -0.392 e. The van der Waals surface area contributed by atoms with Gasteiger partial charge in [0.05, 0.1) is 6.61 Å². The van der Waals surface area contributed by atoms with E-state index in [1.165, 1.54) is 0 Å². The van der Waals surface area contributed by atoms with Crippen LogP contribution in [0.4, 0.5) is 0 Å². The number of imidazole rings is 1. The van der Waals surface area contributed by atoms with Crippen molar-refractivity contribution in [2.75, 3.05) is 0 Å². The molecule has 4 nitrogen and oxygen atoms in total. The van der Waals surface area contributed by atoms with E-state index in [-0.39, 0.29) is 6.61 Å². The van der Waals surface area contributed by atoms with Crippen molar-refractivity contribution in [1.82, 2.24) is 14.1 Å². The third-order valence-corrected chi connectivity index (χ3v) is 3.84. The van der Waals surface area contributed by atoms with E-state index in [1.807, 2.05) is 37.5 Å². The summed E-state index contributed by atoms with van der Waals surface area (Å²) in [5.41, 5.74) is 1.98. The summed E-state index contributed by atoms with van der Waals surface area (Å²) in [6.07, 6.45) is 5.77. The van der Waals surface area contributed by atoms with E-state index in [2.05, 4.69) is 14.1 Å². The molecule has 2 heterocycles. The Morgan fingerprint density at radius 1 is 1.25 bits per heavy atom. The standard InChI is InChI=1S/C15H16ClN3O/c1-11-17-4-5-18(11)6-7-19-9-12(10-20)14-3-2-13(16)8-15(14)19/h2-5,8-9,20H,6-7,10H2,1H3. The third-order valence-electron chi connectivity index (χ3n) is 3.60. The second-order valence-corrected chi connectivity index (χ2v) is 5.27. The summed E-state index contributed by atoms with van der Waals surface area (Å²) in [5, 5.41) is 11.2. The maximum atomic E-state index is 9.45. The van der Waals surface area contributed by atoms with Gasteiger partial charge in [-0.2, -0.15) is 0 Å². The molecule has 0 amide bonds. The monoisotopic (exact) mass is 289 g/mol. The zero-order chi connectivity index (χ0) is 14.1. The van der Waals surface area contributed by atoms with Crippen LogP contribution in [0.15, 0.2) is 36.8 Å². The maximum absolute atomic E-state index is 9.45. The maximum Gasteiger partial charge on any atom is 0.105 e. The van der Waals surface area contributed by atoms with Crippen LogP contribution in [-0.2, 0) is 19.7 Å². The Morgan fingerprint density at radius 3 is 2.75 bits per heavy atom. The van der Waals surface area contributed by atoms with Gasteiger partial charge in [-0.3, -0.25) is 0 Å². The fourth-order valence-electron chi connectivity index (χ4n) is 2.51. The van der Waals surface area contributed by atoms with Gasteiger partial charge >= 0.3 is 0 Å². The number of nitrogens with zero attached hydrogens (tertiary/aromatic N) is 3. The van der Waals surface area contributed by atoms with Gasteiger partial charge in [0.15, 0.2) is 0 Å². The summed E-state index contributed by atoms with van der Waals surface area (Å²) in [5.74, 6) is 1.00. The van der Waals surface area contributed by atoms with Crippen molar-refractivity contribution < 1.29 is 5.11 Å². The molecular weight excluding hydrogens is 274 g/mol. The summed E-state index contributed by atoms with van der Waals surface area (Å²) in [7, 11) is 0. The topological polar surface area (TPSA) is 43.0 Å².